The van der Waals surface area contributed by atoms with Gasteiger partial charge in [-0.15, -0.1) is 0 Å². The van der Waals surface area contributed by atoms with Gasteiger partial charge in [0.15, 0.2) is 6.29 Å². The second kappa shape index (κ2) is 35.3. The molecular formula is C44H83NO11S. The highest BCUT2D eigenvalue weighted by Gasteiger charge is 2.48. The van der Waals surface area contributed by atoms with Crippen LogP contribution in [-0.2, 0) is 28.9 Å². The average molecular weight is 834 g/mol. The van der Waals surface area contributed by atoms with Crippen molar-refractivity contribution < 1.29 is 51.8 Å². The summed E-state index contributed by atoms with van der Waals surface area (Å²) in [6.07, 6.45) is 30.9. The number of carbonyl (C=O) groups is 1. The number of ether oxygens (including phenoxy) is 2. The van der Waals surface area contributed by atoms with E-state index in [0.29, 0.717) is 6.42 Å². The number of aliphatic hydroxyl groups excluding tert-OH is 4. The van der Waals surface area contributed by atoms with E-state index in [0.717, 1.165) is 44.9 Å². The molecule has 1 saturated heterocycles. The molecule has 7 atom stereocenters. The predicted octanol–water partition coefficient (Wildman–Crippen LogP) is 8.55. The molecule has 0 radical (unpaired) electrons. The molecule has 1 aliphatic rings. The van der Waals surface area contributed by atoms with Crippen LogP contribution in [0, 0.1) is 0 Å². The van der Waals surface area contributed by atoms with Gasteiger partial charge in [0.2, 0.25) is 5.91 Å². The lowest BCUT2D eigenvalue weighted by Gasteiger charge is -2.41. The van der Waals surface area contributed by atoms with Crippen molar-refractivity contribution in [3.8, 4) is 0 Å². The molecule has 0 bridgehead atoms. The Morgan fingerprint density at radius 2 is 1.12 bits per heavy atom. The highest BCUT2D eigenvalue weighted by Crippen LogP contribution is 2.26. The molecule has 12 nitrogen and oxygen atoms in total. The second-order valence-electron chi connectivity index (χ2n) is 16.0. The van der Waals surface area contributed by atoms with Crippen LogP contribution in [0.3, 0.4) is 0 Å². The minimum absolute atomic E-state index is 0.264. The number of hydrogen-bond donors (Lipinski definition) is 6. The summed E-state index contributed by atoms with van der Waals surface area (Å²) >= 11 is 0. The lowest BCUT2D eigenvalue weighted by molar-refractivity contribution is -0.298. The summed E-state index contributed by atoms with van der Waals surface area (Å²) in [5.41, 5.74) is 0. The number of carbonyl (C=O) groups excluding carboxylic acids is 1. The van der Waals surface area contributed by atoms with E-state index in [9.17, 15) is 33.6 Å². The topological polar surface area (TPSA) is 192 Å². The van der Waals surface area contributed by atoms with Crippen LogP contribution < -0.4 is 5.32 Å². The Labute approximate surface area is 346 Å². The minimum Gasteiger partial charge on any atom is -0.394 e. The van der Waals surface area contributed by atoms with E-state index in [4.69, 9.17) is 14.0 Å². The Balaban J connectivity index is 2.47. The fourth-order valence-electron chi connectivity index (χ4n) is 7.15. The molecule has 0 aromatic rings. The Kier molecular flexibility index (Phi) is 33.2. The molecule has 336 valence electrons. The van der Waals surface area contributed by atoms with Crippen LogP contribution in [0.4, 0.5) is 0 Å². The average Bonchev–Trinajstić information content (AvgIpc) is 3.18. The van der Waals surface area contributed by atoms with Crippen LogP contribution >= 0.6 is 0 Å². The molecule has 7 unspecified atom stereocenters. The Morgan fingerprint density at radius 3 is 1.58 bits per heavy atom. The third kappa shape index (κ3) is 28.6. The second-order valence-corrected chi connectivity index (χ2v) is 17.0. The van der Waals surface area contributed by atoms with Gasteiger partial charge in [0.05, 0.1) is 25.4 Å². The van der Waals surface area contributed by atoms with Gasteiger partial charge in [-0.1, -0.05) is 167 Å². The number of amides is 1. The largest absolute Gasteiger partial charge is 0.397 e. The van der Waals surface area contributed by atoms with E-state index in [-0.39, 0.29) is 18.9 Å². The molecule has 0 aliphatic carbocycles. The molecule has 0 aromatic heterocycles. The first-order valence-electron chi connectivity index (χ1n) is 22.7. The zero-order valence-corrected chi connectivity index (χ0v) is 36.5. The van der Waals surface area contributed by atoms with Crippen LogP contribution in [-0.4, -0.2) is 95.4 Å². The van der Waals surface area contributed by atoms with E-state index >= 15 is 0 Å². The lowest BCUT2D eigenvalue weighted by Crippen LogP contribution is -2.61. The maximum Gasteiger partial charge on any atom is 0.397 e. The number of unbranched alkanes of at least 4 members (excludes halogenated alkanes) is 24. The number of nitrogens with one attached hydrogen (secondary N) is 1. The number of hydrogen-bond acceptors (Lipinski definition) is 10. The van der Waals surface area contributed by atoms with Crippen LogP contribution in [0.25, 0.3) is 0 Å². The molecule has 1 heterocycles. The minimum atomic E-state index is -5.08. The Morgan fingerprint density at radius 1 is 0.684 bits per heavy atom. The van der Waals surface area contributed by atoms with Crippen LogP contribution in [0.5, 0.6) is 0 Å². The van der Waals surface area contributed by atoms with Crippen LogP contribution in [0.1, 0.15) is 194 Å². The van der Waals surface area contributed by atoms with Gasteiger partial charge >= 0.3 is 10.4 Å². The van der Waals surface area contributed by atoms with Crippen molar-refractivity contribution in [3.05, 3.63) is 24.3 Å². The van der Waals surface area contributed by atoms with Gasteiger partial charge in [0.25, 0.3) is 0 Å². The molecule has 0 aromatic carbocycles. The number of allylic oxidation sites excluding steroid dienone is 3. The smallest absolute Gasteiger partial charge is 0.394 e. The zero-order chi connectivity index (χ0) is 42.0. The van der Waals surface area contributed by atoms with Crippen molar-refractivity contribution in [2.75, 3.05) is 13.2 Å². The van der Waals surface area contributed by atoms with Gasteiger partial charge in [0, 0.05) is 6.42 Å². The highest BCUT2D eigenvalue weighted by molar-refractivity contribution is 7.80. The van der Waals surface area contributed by atoms with Crippen molar-refractivity contribution in [3.63, 3.8) is 0 Å². The summed E-state index contributed by atoms with van der Waals surface area (Å²) in [6, 6.07) is -0.942. The summed E-state index contributed by atoms with van der Waals surface area (Å²) in [5, 5.41) is 44.5. The van der Waals surface area contributed by atoms with Crippen LogP contribution in [0.15, 0.2) is 24.3 Å². The van der Waals surface area contributed by atoms with Crippen molar-refractivity contribution in [2.45, 2.75) is 236 Å². The Bertz CT molecular complexity index is 1120. The van der Waals surface area contributed by atoms with Gasteiger partial charge in [0.1, 0.15) is 24.4 Å². The maximum atomic E-state index is 13.0. The molecule has 0 saturated carbocycles. The quantitative estimate of drug-likeness (QED) is 0.0198. The SMILES string of the molecule is CCCCCCCCCC/C=C/C(O)C(COC1OC(CO)C(O)C(OS(=O)(=O)O)C1O)NC(=O)CCCCCCCCC/C=C\CCCCCCCCCCC. The van der Waals surface area contributed by atoms with Crippen molar-refractivity contribution >= 4 is 16.3 Å². The first-order chi connectivity index (χ1) is 27.5. The molecule has 1 aliphatic heterocycles. The summed E-state index contributed by atoms with van der Waals surface area (Å²) in [5.74, 6) is -0.269. The van der Waals surface area contributed by atoms with Gasteiger partial charge in [-0.25, -0.2) is 4.18 Å². The van der Waals surface area contributed by atoms with Crippen molar-refractivity contribution in [1.82, 2.24) is 5.32 Å². The summed E-state index contributed by atoms with van der Waals surface area (Å²) in [7, 11) is -5.08. The normalized spacial score (nSPS) is 21.4. The number of rotatable bonds is 38. The number of aliphatic hydroxyl groups is 4. The van der Waals surface area contributed by atoms with Gasteiger partial charge in [-0.2, -0.15) is 8.42 Å². The van der Waals surface area contributed by atoms with E-state index in [1.165, 1.54) is 122 Å². The van der Waals surface area contributed by atoms with Gasteiger partial charge in [-0.05, 0) is 44.9 Å². The monoisotopic (exact) mass is 834 g/mol. The standard InChI is InChI=1S/C44H83NO11S/c1-3-5-7-9-11-13-15-16-17-18-19-20-21-22-23-24-26-28-30-32-34-40(48)45-37(38(47)33-31-29-27-25-14-12-10-8-6-4-2)36-54-44-42(50)43(56-57(51,52)53)41(49)39(35-46)55-44/h19-20,31,33,37-39,41-44,46-47,49-50H,3-18,21-30,32,34-36H2,1-2H3,(H,45,48)(H,51,52,53)/b20-19-,33-31+. The highest BCUT2D eigenvalue weighted by atomic mass is 32.3. The van der Waals surface area contributed by atoms with E-state index in [1.807, 2.05) is 6.08 Å². The van der Waals surface area contributed by atoms with E-state index in [1.54, 1.807) is 6.08 Å². The first-order valence-corrected chi connectivity index (χ1v) is 24.1. The third-order valence-electron chi connectivity index (χ3n) is 10.7. The molecular weight excluding hydrogens is 751 g/mol. The third-order valence-corrected chi connectivity index (χ3v) is 11.2. The van der Waals surface area contributed by atoms with E-state index < -0.39 is 59.9 Å². The molecule has 1 fully saturated rings. The molecule has 13 heteroatoms. The van der Waals surface area contributed by atoms with Gasteiger partial charge < -0.3 is 35.2 Å². The van der Waals surface area contributed by atoms with Crippen molar-refractivity contribution in [2.24, 2.45) is 0 Å². The fraction of sp³-hybridized carbons (Fsp3) is 0.886. The summed E-state index contributed by atoms with van der Waals surface area (Å²) in [6.45, 7) is 3.35. The lowest BCUT2D eigenvalue weighted by atomic mass is 9.99. The fourth-order valence-corrected chi connectivity index (χ4v) is 7.66. The molecule has 1 rings (SSSR count). The maximum absolute atomic E-state index is 13.0. The Hall–Kier alpha value is -1.42. The predicted molar refractivity (Wildman–Crippen MR) is 227 cm³/mol. The molecule has 1 amide bonds. The van der Waals surface area contributed by atoms with Crippen molar-refractivity contribution in [1.29, 1.82) is 0 Å². The zero-order valence-electron chi connectivity index (χ0n) is 35.7. The van der Waals surface area contributed by atoms with Gasteiger partial charge in [-0.3, -0.25) is 9.35 Å². The first kappa shape index (κ1) is 53.6. The molecule has 6 N–H and O–H groups in total. The summed E-state index contributed by atoms with van der Waals surface area (Å²) < 4.78 is 47.5. The summed E-state index contributed by atoms with van der Waals surface area (Å²) in [4.78, 5) is 13.0. The molecule has 0 spiro atoms. The van der Waals surface area contributed by atoms with Crippen LogP contribution in [0.2, 0.25) is 0 Å². The van der Waals surface area contributed by atoms with E-state index in [2.05, 4.69) is 35.5 Å². The molecule has 57 heavy (non-hydrogen) atoms.